The predicted octanol–water partition coefficient (Wildman–Crippen LogP) is 5.51. The molecule has 0 amide bonds. The van der Waals surface area contributed by atoms with Crippen LogP contribution in [0.25, 0.3) is 22.3 Å². The molecule has 1 N–H and O–H groups in total. The maximum absolute atomic E-state index is 4.89. The van der Waals surface area contributed by atoms with Gasteiger partial charge in [0.1, 0.15) is 5.82 Å². The third kappa shape index (κ3) is 4.13. The van der Waals surface area contributed by atoms with Crippen molar-refractivity contribution in [3.63, 3.8) is 0 Å². The summed E-state index contributed by atoms with van der Waals surface area (Å²) < 4.78 is 0. The van der Waals surface area contributed by atoms with Gasteiger partial charge in [0.25, 0.3) is 0 Å². The molecule has 0 unspecified atom stereocenters. The molecule has 168 valence electrons. The van der Waals surface area contributed by atoms with Crippen LogP contribution in [0.15, 0.2) is 73.1 Å². The Morgan fingerprint density at radius 1 is 0.848 bits per heavy atom. The van der Waals surface area contributed by atoms with Crippen LogP contribution in [0.5, 0.6) is 0 Å². The van der Waals surface area contributed by atoms with E-state index in [0.717, 1.165) is 36.5 Å². The number of hydrogen-bond acceptors (Lipinski definition) is 4. The highest BCUT2D eigenvalue weighted by atomic mass is 15.2. The van der Waals surface area contributed by atoms with E-state index in [1.165, 1.54) is 55.6 Å². The molecule has 0 bridgehead atoms. The van der Waals surface area contributed by atoms with E-state index in [1.54, 1.807) is 0 Å². The first-order chi connectivity index (χ1) is 16.3. The smallest absolute Gasteiger partial charge is 0.147 e. The molecule has 5 heteroatoms. The zero-order chi connectivity index (χ0) is 22.1. The molecular formula is C28H31N5. The summed E-state index contributed by atoms with van der Waals surface area (Å²) in [6.07, 6.45) is 9.14. The second-order valence-electron chi connectivity index (χ2n) is 9.76. The van der Waals surface area contributed by atoms with E-state index in [4.69, 9.17) is 4.98 Å². The number of H-pyrrole nitrogens is 1. The minimum Gasteiger partial charge on any atom is -0.361 e. The highest BCUT2D eigenvalue weighted by molar-refractivity contribution is 5.75. The van der Waals surface area contributed by atoms with Crippen LogP contribution in [0, 0.1) is 5.41 Å². The number of aromatic amines is 1. The highest BCUT2D eigenvalue weighted by Crippen LogP contribution is 2.41. The second kappa shape index (κ2) is 8.64. The lowest BCUT2D eigenvalue weighted by atomic mass is 9.72. The Morgan fingerprint density at radius 2 is 1.64 bits per heavy atom. The van der Waals surface area contributed by atoms with Gasteiger partial charge in [0.05, 0.1) is 17.2 Å². The van der Waals surface area contributed by atoms with Crippen molar-refractivity contribution < 1.29 is 0 Å². The van der Waals surface area contributed by atoms with Crippen LogP contribution in [0.4, 0.5) is 5.82 Å². The maximum Gasteiger partial charge on any atom is 0.147 e. The molecule has 2 aliphatic rings. The van der Waals surface area contributed by atoms with E-state index in [-0.39, 0.29) is 0 Å². The van der Waals surface area contributed by atoms with Gasteiger partial charge in [-0.2, -0.15) is 0 Å². The summed E-state index contributed by atoms with van der Waals surface area (Å²) in [5.41, 5.74) is 6.33. The van der Waals surface area contributed by atoms with Crippen molar-refractivity contribution in [1.82, 2.24) is 19.9 Å². The number of likely N-dealkylation sites (tertiary alicyclic amines) is 1. The Labute approximate surface area is 195 Å². The molecule has 0 radical (unpaired) electrons. The third-order valence-electron chi connectivity index (χ3n) is 7.61. The van der Waals surface area contributed by atoms with Crippen molar-refractivity contribution in [2.45, 2.75) is 32.2 Å². The van der Waals surface area contributed by atoms with Crippen molar-refractivity contribution in [3.8, 4) is 11.3 Å². The van der Waals surface area contributed by atoms with Crippen LogP contribution >= 0.6 is 0 Å². The highest BCUT2D eigenvalue weighted by Gasteiger charge is 2.38. The van der Waals surface area contributed by atoms with Gasteiger partial charge in [-0.15, -0.1) is 0 Å². The molecule has 1 spiro atoms. The van der Waals surface area contributed by atoms with E-state index in [2.05, 4.69) is 68.4 Å². The van der Waals surface area contributed by atoms with Crippen LogP contribution in [-0.4, -0.2) is 46.0 Å². The number of nitrogens with zero attached hydrogens (tertiary/aromatic N) is 4. The van der Waals surface area contributed by atoms with Gasteiger partial charge in [-0.3, -0.25) is 9.88 Å². The Kier molecular flexibility index (Phi) is 5.35. The van der Waals surface area contributed by atoms with Crippen LogP contribution in [0.1, 0.15) is 31.2 Å². The number of rotatable bonds is 4. The zero-order valence-corrected chi connectivity index (χ0v) is 19.1. The summed E-state index contributed by atoms with van der Waals surface area (Å²) in [6.45, 7) is 5.56. The molecule has 2 saturated heterocycles. The number of aromatic nitrogens is 3. The molecule has 2 aromatic carbocycles. The first-order valence-electron chi connectivity index (χ1n) is 12.2. The van der Waals surface area contributed by atoms with E-state index < -0.39 is 0 Å². The molecule has 2 fully saturated rings. The minimum atomic E-state index is 0.433. The monoisotopic (exact) mass is 437 g/mol. The average Bonchev–Trinajstić information content (AvgIpc) is 3.33. The Bertz CT molecular complexity index is 1220. The van der Waals surface area contributed by atoms with Crippen LogP contribution < -0.4 is 4.90 Å². The van der Waals surface area contributed by atoms with Gasteiger partial charge in [0, 0.05) is 38.1 Å². The largest absolute Gasteiger partial charge is 0.361 e. The van der Waals surface area contributed by atoms with Crippen molar-refractivity contribution in [1.29, 1.82) is 0 Å². The van der Waals surface area contributed by atoms with Crippen molar-refractivity contribution in [3.05, 3.63) is 78.6 Å². The summed E-state index contributed by atoms with van der Waals surface area (Å²) in [7, 11) is 0. The SMILES string of the molecule is c1ccc(-c2[nH]ccc2CN2CCCC3(CCN(c4cnc5ccccc5n4)CC3)C2)cc1. The molecule has 5 nitrogen and oxygen atoms in total. The van der Waals surface area contributed by atoms with Crippen LogP contribution in [-0.2, 0) is 6.54 Å². The van der Waals surface area contributed by atoms with Gasteiger partial charge in [-0.1, -0.05) is 42.5 Å². The molecule has 33 heavy (non-hydrogen) atoms. The lowest BCUT2D eigenvalue weighted by Gasteiger charge is -2.48. The van der Waals surface area contributed by atoms with E-state index in [9.17, 15) is 0 Å². The van der Waals surface area contributed by atoms with Gasteiger partial charge in [-0.25, -0.2) is 4.98 Å². The number of anilines is 1. The molecule has 4 aromatic rings. The van der Waals surface area contributed by atoms with Crippen molar-refractivity contribution in [2.24, 2.45) is 5.41 Å². The van der Waals surface area contributed by atoms with Gasteiger partial charge in [0.2, 0.25) is 0 Å². The fourth-order valence-electron chi connectivity index (χ4n) is 5.81. The zero-order valence-electron chi connectivity index (χ0n) is 19.1. The average molecular weight is 438 g/mol. The van der Waals surface area contributed by atoms with Gasteiger partial charge >= 0.3 is 0 Å². The fourth-order valence-corrected chi connectivity index (χ4v) is 5.81. The number of para-hydroxylation sites is 2. The predicted molar refractivity (Wildman–Crippen MR) is 134 cm³/mol. The van der Waals surface area contributed by atoms with E-state index in [0.29, 0.717) is 5.41 Å². The summed E-state index contributed by atoms with van der Waals surface area (Å²) in [4.78, 5) is 18.1. The van der Waals surface area contributed by atoms with Crippen molar-refractivity contribution >= 4 is 16.9 Å². The maximum atomic E-state index is 4.89. The van der Waals surface area contributed by atoms with Crippen LogP contribution in [0.3, 0.4) is 0 Å². The number of hydrogen-bond donors (Lipinski definition) is 1. The van der Waals surface area contributed by atoms with Crippen molar-refractivity contribution in [2.75, 3.05) is 31.1 Å². The fraction of sp³-hybridized carbons (Fsp3) is 0.357. The van der Waals surface area contributed by atoms with Gasteiger partial charge < -0.3 is 9.88 Å². The topological polar surface area (TPSA) is 48.1 Å². The molecule has 0 atom stereocenters. The van der Waals surface area contributed by atoms with Crippen LogP contribution in [0.2, 0.25) is 0 Å². The summed E-state index contributed by atoms with van der Waals surface area (Å²) in [5.74, 6) is 1.02. The van der Waals surface area contributed by atoms with Gasteiger partial charge in [0.15, 0.2) is 0 Å². The Balaban J connectivity index is 1.13. The standard InChI is InChI=1S/C28H31N5/c1-2-7-22(8-3-1)27-23(11-15-29-27)20-32-16-6-12-28(21-32)13-17-33(18-14-28)26-19-30-24-9-4-5-10-25(24)31-26/h1-5,7-11,15,19,29H,6,12-14,16-18,20-21H2. The summed E-state index contributed by atoms with van der Waals surface area (Å²) in [5, 5.41) is 0. The van der Waals surface area contributed by atoms with Gasteiger partial charge in [-0.05, 0) is 67.0 Å². The number of fused-ring (bicyclic) bond motifs is 1. The molecule has 2 aromatic heterocycles. The molecule has 0 aliphatic carbocycles. The molecule has 0 saturated carbocycles. The molecular weight excluding hydrogens is 406 g/mol. The Morgan fingerprint density at radius 3 is 2.48 bits per heavy atom. The molecule has 4 heterocycles. The summed E-state index contributed by atoms with van der Waals surface area (Å²) >= 11 is 0. The minimum absolute atomic E-state index is 0.433. The molecule has 2 aliphatic heterocycles. The first-order valence-corrected chi connectivity index (χ1v) is 12.2. The van der Waals surface area contributed by atoms with E-state index in [1.807, 2.05) is 24.4 Å². The number of piperidine rings is 2. The summed E-state index contributed by atoms with van der Waals surface area (Å²) in [6, 6.07) is 21.1. The quantitative estimate of drug-likeness (QED) is 0.457. The van der Waals surface area contributed by atoms with E-state index >= 15 is 0 Å². The lowest BCUT2D eigenvalue weighted by Crippen LogP contribution is -2.49. The number of nitrogens with one attached hydrogen (secondary N) is 1. The third-order valence-corrected chi connectivity index (χ3v) is 7.61. The molecule has 6 rings (SSSR count). The first kappa shape index (κ1) is 20.4. The Hall–Kier alpha value is -3.18. The number of benzene rings is 2. The second-order valence-corrected chi connectivity index (χ2v) is 9.76. The lowest BCUT2D eigenvalue weighted by molar-refractivity contribution is 0.0606. The normalized spacial score (nSPS) is 18.7.